The van der Waals surface area contributed by atoms with Crippen molar-refractivity contribution in [3.05, 3.63) is 39.4 Å². The second-order valence-corrected chi connectivity index (χ2v) is 6.25. The van der Waals surface area contributed by atoms with Crippen molar-refractivity contribution in [3.63, 3.8) is 0 Å². The summed E-state index contributed by atoms with van der Waals surface area (Å²) in [5.41, 5.74) is 0.931. The number of nitrogens with zero attached hydrogens (tertiary/aromatic N) is 2. The summed E-state index contributed by atoms with van der Waals surface area (Å²) in [6.45, 7) is 4.96. The molecule has 5 nitrogen and oxygen atoms in total. The highest BCUT2D eigenvalue weighted by atomic mass is 35.5. The zero-order valence-electron chi connectivity index (χ0n) is 12.2. The molecule has 2 rings (SSSR count). The van der Waals surface area contributed by atoms with Gasteiger partial charge >= 0.3 is 0 Å². The van der Waals surface area contributed by atoms with Crippen molar-refractivity contribution < 1.29 is 9.72 Å². The summed E-state index contributed by atoms with van der Waals surface area (Å²) in [5, 5.41) is 11.1. The molecule has 0 radical (unpaired) electrons. The number of nitro groups is 1. The van der Waals surface area contributed by atoms with Gasteiger partial charge in [-0.2, -0.15) is 0 Å². The van der Waals surface area contributed by atoms with Crippen LogP contribution in [0.4, 0.5) is 5.69 Å². The Kier molecular flexibility index (Phi) is 4.83. The number of benzene rings is 1. The zero-order chi connectivity index (χ0) is 15.6. The second kappa shape index (κ2) is 6.43. The standard InChI is InChI=1S/C15H19ClN2O3/c1-10-3-4-13(9-14(10)18(20)21)15(19)17-7-5-12(6-8-17)11(2)16/h3-4,9,11-12H,5-8H2,1-2H3. The van der Waals surface area contributed by atoms with Crippen molar-refractivity contribution in [2.75, 3.05) is 13.1 Å². The largest absolute Gasteiger partial charge is 0.339 e. The topological polar surface area (TPSA) is 63.5 Å². The number of hydrogen-bond acceptors (Lipinski definition) is 3. The Bertz CT molecular complexity index is 552. The average Bonchev–Trinajstić information content (AvgIpc) is 2.46. The third-order valence-electron chi connectivity index (χ3n) is 4.13. The summed E-state index contributed by atoms with van der Waals surface area (Å²) in [6.07, 6.45) is 1.76. The maximum Gasteiger partial charge on any atom is 0.273 e. The van der Waals surface area contributed by atoms with E-state index >= 15 is 0 Å². The van der Waals surface area contributed by atoms with Gasteiger partial charge in [0.1, 0.15) is 0 Å². The first-order valence-electron chi connectivity index (χ1n) is 7.08. The van der Waals surface area contributed by atoms with Crippen molar-refractivity contribution in [2.24, 2.45) is 5.92 Å². The number of halogens is 1. The molecule has 1 aromatic rings. The fraction of sp³-hybridized carbons (Fsp3) is 0.533. The van der Waals surface area contributed by atoms with E-state index in [1.807, 2.05) is 6.92 Å². The Labute approximate surface area is 129 Å². The van der Waals surface area contributed by atoms with Gasteiger partial charge in [0.25, 0.3) is 11.6 Å². The molecule has 0 saturated carbocycles. The monoisotopic (exact) mass is 310 g/mol. The molecule has 1 heterocycles. The van der Waals surface area contributed by atoms with Crippen LogP contribution in [-0.4, -0.2) is 34.2 Å². The molecule has 21 heavy (non-hydrogen) atoms. The van der Waals surface area contributed by atoms with Crippen LogP contribution >= 0.6 is 11.6 Å². The van der Waals surface area contributed by atoms with E-state index in [0.717, 1.165) is 12.8 Å². The first-order valence-corrected chi connectivity index (χ1v) is 7.52. The molecule has 0 N–H and O–H groups in total. The van der Waals surface area contributed by atoms with Crippen molar-refractivity contribution in [2.45, 2.75) is 32.1 Å². The van der Waals surface area contributed by atoms with Gasteiger partial charge in [-0.05, 0) is 38.7 Å². The first kappa shape index (κ1) is 15.8. The van der Waals surface area contributed by atoms with Crippen molar-refractivity contribution in [1.82, 2.24) is 4.90 Å². The van der Waals surface area contributed by atoms with Crippen molar-refractivity contribution >= 4 is 23.2 Å². The van der Waals surface area contributed by atoms with Gasteiger partial charge in [-0.25, -0.2) is 0 Å². The van der Waals surface area contributed by atoms with Gasteiger partial charge in [-0.3, -0.25) is 14.9 Å². The molecule has 0 aliphatic carbocycles. The Morgan fingerprint density at radius 2 is 2.05 bits per heavy atom. The predicted octanol–water partition coefficient (Wildman–Crippen LogP) is 3.38. The maximum absolute atomic E-state index is 12.4. The van der Waals surface area contributed by atoms with Crippen LogP contribution in [0, 0.1) is 23.0 Å². The Hall–Kier alpha value is -1.62. The second-order valence-electron chi connectivity index (χ2n) is 5.57. The van der Waals surface area contributed by atoms with E-state index in [1.54, 1.807) is 24.0 Å². The molecule has 114 valence electrons. The molecule has 1 saturated heterocycles. The number of likely N-dealkylation sites (tertiary alicyclic amines) is 1. The molecule has 1 aliphatic heterocycles. The Balaban J connectivity index is 2.11. The smallest absolute Gasteiger partial charge is 0.273 e. The molecule has 1 aliphatic rings. The molecule has 1 atom stereocenters. The molecular formula is C15H19ClN2O3. The third-order valence-corrected chi connectivity index (χ3v) is 4.49. The third kappa shape index (κ3) is 3.53. The predicted molar refractivity (Wildman–Crippen MR) is 81.8 cm³/mol. The summed E-state index contributed by atoms with van der Waals surface area (Å²) in [7, 11) is 0. The lowest BCUT2D eigenvalue weighted by Gasteiger charge is -2.33. The summed E-state index contributed by atoms with van der Waals surface area (Å²) in [4.78, 5) is 24.7. The van der Waals surface area contributed by atoms with Crippen molar-refractivity contribution in [3.8, 4) is 0 Å². The number of alkyl halides is 1. The van der Waals surface area contributed by atoms with Crippen molar-refractivity contribution in [1.29, 1.82) is 0 Å². The minimum atomic E-state index is -0.451. The summed E-state index contributed by atoms with van der Waals surface area (Å²) < 4.78 is 0. The van der Waals surface area contributed by atoms with E-state index in [0.29, 0.717) is 30.1 Å². The number of piperidine rings is 1. The van der Waals surface area contributed by atoms with Crippen LogP contribution in [0.25, 0.3) is 0 Å². The van der Waals surface area contributed by atoms with E-state index in [4.69, 9.17) is 11.6 Å². The van der Waals surface area contributed by atoms with E-state index < -0.39 is 4.92 Å². The number of rotatable bonds is 3. The number of hydrogen-bond donors (Lipinski definition) is 0. The Morgan fingerprint density at radius 3 is 2.57 bits per heavy atom. The van der Waals surface area contributed by atoms with Gasteiger partial charge in [0.05, 0.1) is 4.92 Å². The minimum absolute atomic E-state index is 0.00915. The van der Waals surface area contributed by atoms with E-state index in [1.165, 1.54) is 6.07 Å². The molecule has 1 unspecified atom stereocenters. The number of aryl methyl sites for hydroxylation is 1. The quantitative estimate of drug-likeness (QED) is 0.488. The van der Waals surface area contributed by atoms with Gasteiger partial charge in [0.2, 0.25) is 0 Å². The lowest BCUT2D eigenvalue weighted by atomic mass is 9.93. The summed E-state index contributed by atoms with van der Waals surface area (Å²) in [5.74, 6) is 0.293. The van der Waals surface area contributed by atoms with Crippen LogP contribution < -0.4 is 0 Å². The minimum Gasteiger partial charge on any atom is -0.339 e. The number of amides is 1. The van der Waals surface area contributed by atoms with Crippen LogP contribution in [0.3, 0.4) is 0 Å². The molecular weight excluding hydrogens is 292 g/mol. The zero-order valence-corrected chi connectivity index (χ0v) is 13.0. The summed E-state index contributed by atoms with van der Waals surface area (Å²) in [6, 6.07) is 4.65. The molecule has 1 fully saturated rings. The molecule has 0 spiro atoms. The van der Waals surface area contributed by atoms with Gasteiger partial charge < -0.3 is 4.90 Å². The lowest BCUT2D eigenvalue weighted by molar-refractivity contribution is -0.385. The normalized spacial score (nSPS) is 17.6. The number of carbonyl (C=O) groups is 1. The highest BCUT2D eigenvalue weighted by Crippen LogP contribution is 2.26. The van der Waals surface area contributed by atoms with Crippen LogP contribution in [0.2, 0.25) is 0 Å². The van der Waals surface area contributed by atoms with E-state index in [-0.39, 0.29) is 17.0 Å². The number of nitro benzene ring substituents is 1. The van der Waals surface area contributed by atoms with E-state index in [9.17, 15) is 14.9 Å². The average molecular weight is 311 g/mol. The van der Waals surface area contributed by atoms with Gasteiger partial charge in [-0.1, -0.05) is 6.07 Å². The van der Waals surface area contributed by atoms with Gasteiger partial charge in [0, 0.05) is 35.7 Å². The number of carbonyl (C=O) groups excluding carboxylic acids is 1. The van der Waals surface area contributed by atoms with Crippen LogP contribution in [0.1, 0.15) is 35.7 Å². The first-order chi connectivity index (χ1) is 9.90. The maximum atomic E-state index is 12.4. The molecule has 1 aromatic carbocycles. The van der Waals surface area contributed by atoms with Crippen LogP contribution in [-0.2, 0) is 0 Å². The molecule has 6 heteroatoms. The summed E-state index contributed by atoms with van der Waals surface area (Å²) >= 11 is 6.10. The van der Waals surface area contributed by atoms with Gasteiger partial charge in [0.15, 0.2) is 0 Å². The van der Waals surface area contributed by atoms with Gasteiger partial charge in [-0.15, -0.1) is 11.6 Å². The fourth-order valence-electron chi connectivity index (χ4n) is 2.68. The highest BCUT2D eigenvalue weighted by molar-refractivity contribution is 6.20. The molecule has 1 amide bonds. The van der Waals surface area contributed by atoms with E-state index in [2.05, 4.69) is 0 Å². The van der Waals surface area contributed by atoms with Crippen LogP contribution in [0.5, 0.6) is 0 Å². The lowest BCUT2D eigenvalue weighted by Crippen LogP contribution is -2.40. The van der Waals surface area contributed by atoms with Crippen LogP contribution in [0.15, 0.2) is 18.2 Å². The molecule has 0 bridgehead atoms. The highest BCUT2D eigenvalue weighted by Gasteiger charge is 2.26. The molecule has 0 aromatic heterocycles. The Morgan fingerprint density at radius 1 is 1.43 bits per heavy atom. The fourth-order valence-corrected chi connectivity index (χ4v) is 2.94. The SMILES string of the molecule is Cc1ccc(C(=O)N2CCC(C(C)Cl)CC2)cc1[N+](=O)[O-].